The smallest absolute Gasteiger partial charge is 0.0952 e. The minimum atomic E-state index is 0.212. The average Bonchev–Trinajstić information content (AvgIpc) is 2.81. The van der Waals surface area contributed by atoms with Crippen LogP contribution in [0.4, 0.5) is 0 Å². The minimum absolute atomic E-state index is 0.212. The van der Waals surface area contributed by atoms with E-state index in [0.29, 0.717) is 5.41 Å². The predicted octanol–water partition coefficient (Wildman–Crippen LogP) is 4.42. The van der Waals surface area contributed by atoms with Gasteiger partial charge >= 0.3 is 0 Å². The van der Waals surface area contributed by atoms with E-state index in [-0.39, 0.29) is 11.2 Å². The number of epoxide rings is 1. The van der Waals surface area contributed by atoms with Gasteiger partial charge in [0, 0.05) is 13.2 Å². The zero-order valence-electron chi connectivity index (χ0n) is 13.4. The molecule has 1 aliphatic heterocycles. The molecule has 2 aliphatic rings. The van der Waals surface area contributed by atoms with Crippen LogP contribution in [0.2, 0.25) is 0 Å². The van der Waals surface area contributed by atoms with Crippen molar-refractivity contribution in [2.24, 2.45) is 11.3 Å². The third kappa shape index (κ3) is 3.48. The van der Waals surface area contributed by atoms with Crippen LogP contribution in [0, 0.1) is 11.3 Å². The summed E-state index contributed by atoms with van der Waals surface area (Å²) in [6.07, 6.45) is 3.86. The molecule has 1 saturated heterocycles. The normalized spacial score (nSPS) is 38.5. The molecule has 3 unspecified atom stereocenters. The topological polar surface area (TPSA) is 21.8 Å². The van der Waals surface area contributed by atoms with Crippen LogP contribution >= 0.6 is 0 Å². The molecule has 2 fully saturated rings. The number of rotatable bonds is 2. The van der Waals surface area contributed by atoms with Crippen LogP contribution in [0.25, 0.3) is 0 Å². The summed E-state index contributed by atoms with van der Waals surface area (Å²) in [5, 5.41) is 0. The summed E-state index contributed by atoms with van der Waals surface area (Å²) in [6, 6.07) is 0. The van der Waals surface area contributed by atoms with Crippen molar-refractivity contribution in [3.63, 3.8) is 0 Å². The van der Waals surface area contributed by atoms with E-state index in [9.17, 15) is 0 Å². The first kappa shape index (κ1) is 16.0. The van der Waals surface area contributed by atoms with E-state index in [1.165, 1.54) is 19.3 Å². The maximum Gasteiger partial charge on any atom is 0.0952 e. The molecule has 1 heterocycles. The lowest BCUT2D eigenvalue weighted by Gasteiger charge is -2.36. The third-order valence-electron chi connectivity index (χ3n) is 4.77. The van der Waals surface area contributed by atoms with E-state index in [4.69, 9.17) is 9.47 Å². The Morgan fingerprint density at radius 2 is 1.67 bits per heavy atom. The fourth-order valence-electron chi connectivity index (χ4n) is 3.01. The minimum Gasteiger partial charge on any atom is -0.382 e. The zero-order valence-corrected chi connectivity index (χ0v) is 13.4. The van der Waals surface area contributed by atoms with Crippen molar-refractivity contribution in [1.82, 2.24) is 0 Å². The van der Waals surface area contributed by atoms with Gasteiger partial charge in [0.2, 0.25) is 0 Å². The van der Waals surface area contributed by atoms with Crippen LogP contribution in [-0.2, 0) is 9.47 Å². The summed E-state index contributed by atoms with van der Waals surface area (Å²) in [5.41, 5.74) is 0.897. The van der Waals surface area contributed by atoms with Crippen molar-refractivity contribution in [1.29, 1.82) is 0 Å². The predicted molar refractivity (Wildman–Crippen MR) is 76.9 cm³/mol. The fourth-order valence-corrected chi connectivity index (χ4v) is 3.01. The highest BCUT2D eigenvalue weighted by molar-refractivity contribution is 5.14. The monoisotopic (exact) mass is 256 g/mol. The Kier molecular flexibility index (Phi) is 4.88. The van der Waals surface area contributed by atoms with Gasteiger partial charge in [-0.15, -0.1) is 0 Å². The molecule has 1 saturated carbocycles. The lowest BCUT2D eigenvalue weighted by atomic mass is 9.66. The second-order valence-electron chi connectivity index (χ2n) is 7.15. The molecule has 2 rings (SSSR count). The molecule has 0 aromatic rings. The summed E-state index contributed by atoms with van der Waals surface area (Å²) in [5.74, 6) is 0.841. The second-order valence-corrected chi connectivity index (χ2v) is 7.15. The maximum absolute atomic E-state index is 5.88. The Balaban J connectivity index is 0.000000280. The molecule has 1 aliphatic carbocycles. The van der Waals surface area contributed by atoms with Crippen molar-refractivity contribution in [2.75, 3.05) is 13.2 Å². The van der Waals surface area contributed by atoms with Gasteiger partial charge in [0.05, 0.1) is 11.2 Å². The molecule has 2 nitrogen and oxygen atoms in total. The molecule has 0 N–H and O–H groups in total. The largest absolute Gasteiger partial charge is 0.382 e. The van der Waals surface area contributed by atoms with Crippen LogP contribution in [0.15, 0.2) is 0 Å². The van der Waals surface area contributed by atoms with Gasteiger partial charge in [-0.1, -0.05) is 20.8 Å². The summed E-state index contributed by atoms with van der Waals surface area (Å²) in [6.45, 7) is 17.3. The van der Waals surface area contributed by atoms with E-state index in [1.807, 2.05) is 13.8 Å². The summed E-state index contributed by atoms with van der Waals surface area (Å²) in [7, 11) is 0. The highest BCUT2D eigenvalue weighted by Crippen LogP contribution is 2.60. The van der Waals surface area contributed by atoms with Crippen LogP contribution in [0.3, 0.4) is 0 Å². The van der Waals surface area contributed by atoms with Crippen molar-refractivity contribution < 1.29 is 9.47 Å². The fraction of sp³-hybridized carbons (Fsp3) is 1.00. The Labute approximate surface area is 113 Å². The quantitative estimate of drug-likeness (QED) is 0.682. The highest BCUT2D eigenvalue weighted by atomic mass is 16.6. The van der Waals surface area contributed by atoms with Crippen molar-refractivity contribution >= 4 is 0 Å². The van der Waals surface area contributed by atoms with Gasteiger partial charge in [-0.2, -0.15) is 0 Å². The molecule has 18 heavy (non-hydrogen) atoms. The first-order chi connectivity index (χ1) is 8.18. The summed E-state index contributed by atoms with van der Waals surface area (Å²) >= 11 is 0. The number of ether oxygens (including phenoxy) is 2. The van der Waals surface area contributed by atoms with Gasteiger partial charge in [0.25, 0.3) is 0 Å². The molecule has 0 bridgehead atoms. The summed E-state index contributed by atoms with van der Waals surface area (Å²) in [4.78, 5) is 0. The highest BCUT2D eigenvalue weighted by Gasteiger charge is 2.66. The van der Waals surface area contributed by atoms with Crippen LogP contribution < -0.4 is 0 Å². The molecule has 0 spiro atoms. The van der Waals surface area contributed by atoms with Gasteiger partial charge in [-0.05, 0) is 58.3 Å². The van der Waals surface area contributed by atoms with Gasteiger partial charge in [0.1, 0.15) is 0 Å². The standard InChI is InChI=1S/C12H22O.C4H10O/c1-10(2,3)9-6-7-11(4)12(5,8-9)13-11;1-3-5-4-2/h9H,6-8H2,1-5H3;3-4H2,1-2H3. The van der Waals surface area contributed by atoms with E-state index >= 15 is 0 Å². The summed E-state index contributed by atoms with van der Waals surface area (Å²) < 4.78 is 10.7. The number of hydrogen-bond donors (Lipinski definition) is 0. The Hall–Kier alpha value is -0.0800. The molecule has 0 aromatic carbocycles. The van der Waals surface area contributed by atoms with E-state index in [0.717, 1.165) is 19.1 Å². The Morgan fingerprint density at radius 3 is 2.00 bits per heavy atom. The lowest BCUT2D eigenvalue weighted by Crippen LogP contribution is -2.35. The molecule has 0 amide bonds. The lowest BCUT2D eigenvalue weighted by molar-refractivity contribution is 0.156. The third-order valence-corrected chi connectivity index (χ3v) is 4.77. The average molecular weight is 256 g/mol. The van der Waals surface area contributed by atoms with Crippen molar-refractivity contribution in [3.8, 4) is 0 Å². The maximum atomic E-state index is 5.88. The van der Waals surface area contributed by atoms with Gasteiger partial charge < -0.3 is 9.47 Å². The second kappa shape index (κ2) is 5.50. The van der Waals surface area contributed by atoms with E-state index in [1.54, 1.807) is 0 Å². The van der Waals surface area contributed by atoms with Crippen molar-refractivity contribution in [3.05, 3.63) is 0 Å². The van der Waals surface area contributed by atoms with E-state index < -0.39 is 0 Å². The molecule has 0 aromatic heterocycles. The van der Waals surface area contributed by atoms with Gasteiger partial charge in [-0.25, -0.2) is 0 Å². The van der Waals surface area contributed by atoms with E-state index in [2.05, 4.69) is 34.6 Å². The van der Waals surface area contributed by atoms with Crippen LogP contribution in [-0.4, -0.2) is 24.4 Å². The zero-order chi connectivity index (χ0) is 14.0. The SMILES string of the molecule is CC(C)(C)C1CCC2(C)OC2(C)C1.CCOCC. The molecule has 2 heteroatoms. The molecular formula is C16H32O2. The molecular weight excluding hydrogens is 224 g/mol. The van der Waals surface area contributed by atoms with Crippen LogP contribution in [0.5, 0.6) is 0 Å². The van der Waals surface area contributed by atoms with Crippen LogP contribution in [0.1, 0.15) is 67.7 Å². The number of fused-ring (bicyclic) bond motifs is 1. The molecule has 3 atom stereocenters. The molecule has 108 valence electrons. The molecule has 0 radical (unpaired) electrons. The Bertz CT molecular complexity index is 267. The first-order valence-corrected chi connectivity index (χ1v) is 7.46. The first-order valence-electron chi connectivity index (χ1n) is 7.46. The van der Waals surface area contributed by atoms with Gasteiger partial charge in [-0.3, -0.25) is 0 Å². The number of hydrogen-bond acceptors (Lipinski definition) is 2. The van der Waals surface area contributed by atoms with Crippen molar-refractivity contribution in [2.45, 2.75) is 78.9 Å². The Morgan fingerprint density at radius 1 is 1.11 bits per heavy atom. The van der Waals surface area contributed by atoms with Gasteiger partial charge in [0.15, 0.2) is 0 Å².